The van der Waals surface area contributed by atoms with E-state index in [1.54, 1.807) is 12.3 Å². The quantitative estimate of drug-likeness (QED) is 0.475. The molecule has 2 aromatic carbocycles. The molecule has 0 spiro atoms. The first-order valence-electron chi connectivity index (χ1n) is 7.80. The van der Waals surface area contributed by atoms with Gasteiger partial charge in [0.15, 0.2) is 0 Å². The first-order chi connectivity index (χ1) is 12.2. The number of H-pyrrole nitrogens is 1. The third-order valence-electron chi connectivity index (χ3n) is 3.93. The lowest BCUT2D eigenvalue weighted by Gasteiger charge is -2.01. The molecule has 25 heavy (non-hydrogen) atoms. The summed E-state index contributed by atoms with van der Waals surface area (Å²) in [6, 6.07) is 17.5. The highest BCUT2D eigenvalue weighted by Gasteiger charge is 2.04. The number of para-hydroxylation sites is 1. The zero-order valence-corrected chi connectivity index (χ0v) is 14.7. The minimum Gasteiger partial charge on any atom is -0.353 e. The first kappa shape index (κ1) is 15.6. The molecule has 2 aromatic heterocycles. The lowest BCUT2D eigenvalue weighted by atomic mass is 10.1. The van der Waals surface area contributed by atoms with E-state index in [4.69, 9.17) is 0 Å². The van der Waals surface area contributed by atoms with E-state index in [0.717, 1.165) is 37.7 Å². The lowest BCUT2D eigenvalue weighted by Crippen LogP contribution is -2.07. The zero-order valence-electron chi connectivity index (χ0n) is 13.2. The van der Waals surface area contributed by atoms with E-state index < -0.39 is 0 Å². The smallest absolute Gasteiger partial charge is 0.248 e. The molecule has 0 fully saturated rings. The van der Waals surface area contributed by atoms with Crippen molar-refractivity contribution in [2.45, 2.75) is 0 Å². The monoisotopic (exact) mass is 391 g/mol. The van der Waals surface area contributed by atoms with E-state index in [1.165, 1.54) is 6.08 Å². The van der Waals surface area contributed by atoms with Crippen LogP contribution in [0.25, 0.3) is 27.9 Å². The number of aromatic amines is 1. The van der Waals surface area contributed by atoms with Crippen LogP contribution in [-0.4, -0.2) is 15.9 Å². The van der Waals surface area contributed by atoms with E-state index in [2.05, 4.69) is 37.3 Å². The Balaban J connectivity index is 1.57. The molecule has 0 radical (unpaired) electrons. The van der Waals surface area contributed by atoms with Crippen molar-refractivity contribution in [1.29, 1.82) is 0 Å². The fourth-order valence-electron chi connectivity index (χ4n) is 2.74. The maximum absolute atomic E-state index is 12.1. The van der Waals surface area contributed by atoms with Crippen molar-refractivity contribution in [3.8, 4) is 0 Å². The van der Waals surface area contributed by atoms with Crippen LogP contribution in [-0.2, 0) is 4.79 Å². The average Bonchev–Trinajstić information content (AvgIpc) is 3.00. The number of aromatic nitrogens is 2. The molecule has 4 aromatic rings. The molecule has 4 nitrogen and oxygen atoms in total. The number of fused-ring (bicyclic) bond motifs is 3. The van der Waals surface area contributed by atoms with Crippen LogP contribution in [0.1, 0.15) is 5.69 Å². The fraction of sp³-hybridized carbons (Fsp3) is 0. The number of nitrogens with one attached hydrogen (secondary N) is 2. The predicted molar refractivity (Wildman–Crippen MR) is 105 cm³/mol. The number of carbonyl (C=O) groups is 1. The second-order valence-corrected chi connectivity index (χ2v) is 6.57. The summed E-state index contributed by atoms with van der Waals surface area (Å²) in [4.78, 5) is 19.8. The third-order valence-corrected chi connectivity index (χ3v) is 4.46. The Morgan fingerprint density at radius 1 is 1.04 bits per heavy atom. The highest BCUT2D eigenvalue weighted by molar-refractivity contribution is 9.10. The molecule has 2 heterocycles. The topological polar surface area (TPSA) is 57.8 Å². The van der Waals surface area contributed by atoms with Gasteiger partial charge in [-0.1, -0.05) is 34.1 Å². The number of hydrogen-bond acceptors (Lipinski definition) is 2. The second-order valence-electron chi connectivity index (χ2n) is 5.65. The number of rotatable bonds is 3. The first-order valence-corrected chi connectivity index (χ1v) is 8.59. The van der Waals surface area contributed by atoms with Crippen molar-refractivity contribution in [1.82, 2.24) is 9.97 Å². The van der Waals surface area contributed by atoms with Gasteiger partial charge in [-0.25, -0.2) is 0 Å². The van der Waals surface area contributed by atoms with E-state index in [1.807, 2.05) is 48.5 Å². The molecule has 122 valence electrons. The molecule has 0 unspecified atom stereocenters. The Labute approximate surface area is 152 Å². The van der Waals surface area contributed by atoms with Crippen molar-refractivity contribution in [3.05, 3.63) is 77.0 Å². The van der Waals surface area contributed by atoms with E-state index in [-0.39, 0.29) is 5.91 Å². The Kier molecular flexibility index (Phi) is 4.07. The summed E-state index contributed by atoms with van der Waals surface area (Å²) in [5.74, 6) is -0.192. The lowest BCUT2D eigenvalue weighted by molar-refractivity contribution is -0.111. The van der Waals surface area contributed by atoms with E-state index in [0.29, 0.717) is 0 Å². The van der Waals surface area contributed by atoms with Gasteiger partial charge in [-0.3, -0.25) is 9.78 Å². The predicted octanol–water partition coefficient (Wildman–Crippen LogP) is 5.13. The molecule has 0 aliphatic carbocycles. The maximum atomic E-state index is 12.1. The number of amides is 1. The summed E-state index contributed by atoms with van der Waals surface area (Å²) in [6.45, 7) is 0. The number of anilines is 1. The van der Waals surface area contributed by atoms with Crippen LogP contribution in [0.2, 0.25) is 0 Å². The maximum Gasteiger partial charge on any atom is 0.248 e. The molecule has 4 rings (SSSR count). The number of carbonyl (C=O) groups excluding carboxylic acids is 1. The molecular formula is C20H14BrN3O. The average molecular weight is 392 g/mol. The fourth-order valence-corrected chi connectivity index (χ4v) is 3.00. The molecule has 0 saturated carbocycles. The SMILES string of the molecule is O=C(/C=C/c1cc2c(cn1)[nH]c1ccccc12)Nc1ccc(Br)cc1. The molecular weight excluding hydrogens is 378 g/mol. The van der Waals surface area contributed by atoms with Gasteiger partial charge in [0.25, 0.3) is 0 Å². The van der Waals surface area contributed by atoms with Crippen LogP contribution in [0, 0.1) is 0 Å². The number of hydrogen-bond donors (Lipinski definition) is 2. The van der Waals surface area contributed by atoms with Gasteiger partial charge in [-0.2, -0.15) is 0 Å². The Bertz CT molecular complexity index is 1100. The Hall–Kier alpha value is -2.92. The van der Waals surface area contributed by atoms with Crippen molar-refractivity contribution in [2.75, 3.05) is 5.32 Å². The highest BCUT2D eigenvalue weighted by Crippen LogP contribution is 2.25. The van der Waals surface area contributed by atoms with Crippen molar-refractivity contribution >= 4 is 55.4 Å². The van der Waals surface area contributed by atoms with Gasteiger partial charge >= 0.3 is 0 Å². The molecule has 0 bridgehead atoms. The van der Waals surface area contributed by atoms with Gasteiger partial charge in [0, 0.05) is 32.5 Å². The summed E-state index contributed by atoms with van der Waals surface area (Å²) >= 11 is 3.37. The van der Waals surface area contributed by atoms with Gasteiger partial charge < -0.3 is 10.3 Å². The Morgan fingerprint density at radius 2 is 1.84 bits per heavy atom. The minimum atomic E-state index is -0.192. The normalized spacial score (nSPS) is 11.4. The number of benzene rings is 2. The summed E-state index contributed by atoms with van der Waals surface area (Å²) in [5, 5.41) is 5.06. The standard InChI is InChI=1S/C20H14BrN3O/c21-13-5-7-14(8-6-13)23-20(25)10-9-15-11-17-16-3-1-2-4-18(16)24-19(17)12-22-15/h1-12,24H,(H,23,25)/b10-9+. The van der Waals surface area contributed by atoms with Crippen LogP contribution in [0.3, 0.4) is 0 Å². The second kappa shape index (κ2) is 6.53. The van der Waals surface area contributed by atoms with Gasteiger partial charge in [0.05, 0.1) is 17.4 Å². The minimum absolute atomic E-state index is 0.192. The number of halogens is 1. The Morgan fingerprint density at radius 3 is 2.68 bits per heavy atom. The summed E-state index contributed by atoms with van der Waals surface area (Å²) in [7, 11) is 0. The molecule has 0 atom stereocenters. The molecule has 0 saturated heterocycles. The van der Waals surface area contributed by atoms with Crippen LogP contribution in [0.15, 0.2) is 71.3 Å². The summed E-state index contributed by atoms with van der Waals surface area (Å²) < 4.78 is 0.970. The van der Waals surface area contributed by atoms with Gasteiger partial charge in [0.2, 0.25) is 5.91 Å². The molecule has 2 N–H and O–H groups in total. The number of nitrogens with zero attached hydrogens (tertiary/aromatic N) is 1. The van der Waals surface area contributed by atoms with Crippen LogP contribution >= 0.6 is 15.9 Å². The van der Waals surface area contributed by atoms with Crippen LogP contribution < -0.4 is 5.32 Å². The van der Waals surface area contributed by atoms with E-state index in [9.17, 15) is 4.79 Å². The molecule has 1 amide bonds. The number of pyridine rings is 1. The van der Waals surface area contributed by atoms with Crippen LogP contribution in [0.4, 0.5) is 5.69 Å². The van der Waals surface area contributed by atoms with Gasteiger partial charge in [0.1, 0.15) is 0 Å². The molecule has 5 heteroatoms. The van der Waals surface area contributed by atoms with Gasteiger partial charge in [-0.05, 0) is 42.5 Å². The van der Waals surface area contributed by atoms with Crippen molar-refractivity contribution < 1.29 is 4.79 Å². The van der Waals surface area contributed by atoms with Gasteiger partial charge in [-0.15, -0.1) is 0 Å². The van der Waals surface area contributed by atoms with Crippen molar-refractivity contribution in [2.24, 2.45) is 0 Å². The van der Waals surface area contributed by atoms with E-state index >= 15 is 0 Å². The summed E-state index contributed by atoms with van der Waals surface area (Å²) in [6.07, 6.45) is 5.00. The largest absolute Gasteiger partial charge is 0.353 e. The van der Waals surface area contributed by atoms with Crippen molar-refractivity contribution in [3.63, 3.8) is 0 Å². The summed E-state index contributed by atoms with van der Waals surface area (Å²) in [5.41, 5.74) is 3.55. The third kappa shape index (κ3) is 3.32. The highest BCUT2D eigenvalue weighted by atomic mass is 79.9. The van der Waals surface area contributed by atoms with Crippen LogP contribution in [0.5, 0.6) is 0 Å². The zero-order chi connectivity index (χ0) is 17.2. The molecule has 0 aliphatic rings. The molecule has 0 aliphatic heterocycles.